The molecule has 0 atom stereocenters. The predicted octanol–water partition coefficient (Wildman–Crippen LogP) is 1.72. The summed E-state index contributed by atoms with van der Waals surface area (Å²) in [5.41, 5.74) is 2.68. The number of likely N-dealkylation sites (N-methyl/N-ethyl adjacent to an activating group) is 1. The molecule has 0 unspecified atom stereocenters. The Hall–Kier alpha value is -1.68. The van der Waals surface area contributed by atoms with Gasteiger partial charge in [-0.05, 0) is 39.2 Å². The number of fused-ring (bicyclic) bond motifs is 1. The zero-order valence-corrected chi connectivity index (χ0v) is 10.5. The summed E-state index contributed by atoms with van der Waals surface area (Å²) in [6.45, 7) is 3.84. The summed E-state index contributed by atoms with van der Waals surface area (Å²) in [7, 11) is 4.09. The lowest BCUT2D eigenvalue weighted by Crippen LogP contribution is -2.18. The minimum atomic E-state index is 0.698. The Bertz CT molecular complexity index is 543. The maximum absolute atomic E-state index is 10.8. The highest BCUT2D eigenvalue weighted by molar-refractivity contribution is 5.85. The minimum Gasteiger partial charge on any atom is -0.327 e. The van der Waals surface area contributed by atoms with E-state index in [9.17, 15) is 4.79 Å². The van der Waals surface area contributed by atoms with Crippen molar-refractivity contribution in [2.75, 3.05) is 20.6 Å². The molecule has 0 bridgehead atoms. The maximum atomic E-state index is 10.8. The van der Waals surface area contributed by atoms with Gasteiger partial charge in [0.2, 0.25) is 0 Å². The number of carbonyl (C=O) groups excluding carboxylic acids is 1. The second-order valence-corrected chi connectivity index (χ2v) is 4.48. The third kappa shape index (κ3) is 2.36. The van der Waals surface area contributed by atoms with Gasteiger partial charge in [0.25, 0.3) is 0 Å². The third-order valence-electron chi connectivity index (χ3n) is 2.87. The topological polar surface area (TPSA) is 38.1 Å². The lowest BCUT2D eigenvalue weighted by Gasteiger charge is -2.12. The number of rotatable bonds is 4. The van der Waals surface area contributed by atoms with Gasteiger partial charge in [-0.1, -0.05) is 0 Å². The van der Waals surface area contributed by atoms with E-state index in [0.717, 1.165) is 36.2 Å². The fraction of sp³-hybridized carbons (Fsp3) is 0.385. The molecule has 1 heterocycles. The summed E-state index contributed by atoms with van der Waals surface area (Å²) in [6.07, 6.45) is 0.873. The molecule has 1 aromatic heterocycles. The van der Waals surface area contributed by atoms with Crippen molar-refractivity contribution in [2.24, 2.45) is 0 Å². The molecule has 0 fully saturated rings. The number of aromatic nitrogens is 2. The third-order valence-corrected chi connectivity index (χ3v) is 2.87. The standard InChI is InChI=1S/C13H17N3O/c1-10-14-12-5-4-11(9-17)8-13(12)16(10)7-6-15(2)3/h4-5,8-9H,6-7H2,1-3H3. The summed E-state index contributed by atoms with van der Waals surface area (Å²) in [4.78, 5) is 17.4. The van der Waals surface area contributed by atoms with Gasteiger partial charge < -0.3 is 9.47 Å². The molecule has 4 nitrogen and oxygen atoms in total. The molecular formula is C13H17N3O. The Kier molecular flexibility index (Phi) is 3.24. The molecule has 2 rings (SSSR count). The molecule has 17 heavy (non-hydrogen) atoms. The zero-order chi connectivity index (χ0) is 12.4. The van der Waals surface area contributed by atoms with E-state index in [1.54, 1.807) is 6.07 Å². The van der Waals surface area contributed by atoms with Crippen molar-refractivity contribution in [2.45, 2.75) is 13.5 Å². The van der Waals surface area contributed by atoms with Gasteiger partial charge in [0.15, 0.2) is 0 Å². The fourth-order valence-electron chi connectivity index (χ4n) is 1.92. The van der Waals surface area contributed by atoms with Gasteiger partial charge in [-0.15, -0.1) is 0 Å². The molecule has 0 N–H and O–H groups in total. The van der Waals surface area contributed by atoms with E-state index in [1.807, 2.05) is 33.2 Å². The van der Waals surface area contributed by atoms with Crippen LogP contribution in [0.3, 0.4) is 0 Å². The molecule has 4 heteroatoms. The van der Waals surface area contributed by atoms with Crippen molar-refractivity contribution >= 4 is 17.3 Å². The highest BCUT2D eigenvalue weighted by Gasteiger charge is 2.07. The van der Waals surface area contributed by atoms with Crippen LogP contribution in [0, 0.1) is 6.92 Å². The lowest BCUT2D eigenvalue weighted by molar-refractivity contribution is 0.112. The monoisotopic (exact) mass is 231 g/mol. The molecule has 1 aromatic carbocycles. The number of hydrogen-bond donors (Lipinski definition) is 0. The van der Waals surface area contributed by atoms with E-state index in [4.69, 9.17) is 0 Å². The summed E-state index contributed by atoms with van der Waals surface area (Å²) in [6, 6.07) is 5.61. The average Bonchev–Trinajstić information content (AvgIpc) is 2.61. The molecule has 0 radical (unpaired) electrons. The van der Waals surface area contributed by atoms with Gasteiger partial charge in [-0.3, -0.25) is 4.79 Å². The first-order valence-corrected chi connectivity index (χ1v) is 5.68. The van der Waals surface area contributed by atoms with E-state index in [1.165, 1.54) is 0 Å². The van der Waals surface area contributed by atoms with E-state index in [-0.39, 0.29) is 0 Å². The zero-order valence-electron chi connectivity index (χ0n) is 10.5. The molecule has 0 saturated carbocycles. The van der Waals surface area contributed by atoms with Crippen molar-refractivity contribution in [1.29, 1.82) is 0 Å². The number of nitrogens with zero attached hydrogens (tertiary/aromatic N) is 3. The average molecular weight is 231 g/mol. The number of imidazole rings is 1. The minimum absolute atomic E-state index is 0.698. The summed E-state index contributed by atoms with van der Waals surface area (Å²) in [5.74, 6) is 0.991. The van der Waals surface area contributed by atoms with Crippen LogP contribution in [-0.4, -0.2) is 41.4 Å². The molecule has 90 valence electrons. The molecule has 0 aliphatic heterocycles. The first-order chi connectivity index (χ1) is 8.11. The summed E-state index contributed by atoms with van der Waals surface area (Å²) in [5, 5.41) is 0. The van der Waals surface area contributed by atoms with Crippen molar-refractivity contribution in [3.05, 3.63) is 29.6 Å². The van der Waals surface area contributed by atoms with E-state index >= 15 is 0 Å². The first-order valence-electron chi connectivity index (χ1n) is 5.68. The molecule has 0 amide bonds. The van der Waals surface area contributed by atoms with Crippen LogP contribution in [0.4, 0.5) is 0 Å². The van der Waals surface area contributed by atoms with Crippen molar-refractivity contribution in [1.82, 2.24) is 14.5 Å². The second kappa shape index (κ2) is 4.67. The van der Waals surface area contributed by atoms with Crippen molar-refractivity contribution < 1.29 is 4.79 Å². The van der Waals surface area contributed by atoms with Gasteiger partial charge in [0, 0.05) is 18.7 Å². The number of aryl methyl sites for hydroxylation is 1. The summed E-state index contributed by atoms with van der Waals surface area (Å²) < 4.78 is 2.16. The molecule has 0 aliphatic rings. The van der Waals surface area contributed by atoms with Crippen LogP contribution in [-0.2, 0) is 6.54 Å². The largest absolute Gasteiger partial charge is 0.327 e. The Morgan fingerprint density at radius 1 is 1.41 bits per heavy atom. The Morgan fingerprint density at radius 2 is 2.18 bits per heavy atom. The Morgan fingerprint density at radius 3 is 2.82 bits per heavy atom. The molecule has 0 saturated heterocycles. The van der Waals surface area contributed by atoms with E-state index in [0.29, 0.717) is 5.56 Å². The van der Waals surface area contributed by atoms with E-state index < -0.39 is 0 Å². The number of aldehydes is 1. The number of benzene rings is 1. The summed E-state index contributed by atoms with van der Waals surface area (Å²) >= 11 is 0. The lowest BCUT2D eigenvalue weighted by atomic mass is 10.2. The van der Waals surface area contributed by atoms with Gasteiger partial charge in [0.1, 0.15) is 12.1 Å². The molecule has 2 aromatic rings. The van der Waals surface area contributed by atoms with Gasteiger partial charge >= 0.3 is 0 Å². The SMILES string of the molecule is Cc1nc2ccc(C=O)cc2n1CCN(C)C. The normalized spacial score (nSPS) is 11.3. The number of carbonyl (C=O) groups is 1. The van der Waals surface area contributed by atoms with Crippen LogP contribution in [0.5, 0.6) is 0 Å². The fourth-order valence-corrected chi connectivity index (χ4v) is 1.92. The first kappa shape index (κ1) is 11.8. The van der Waals surface area contributed by atoms with Crippen molar-refractivity contribution in [3.8, 4) is 0 Å². The van der Waals surface area contributed by atoms with Crippen LogP contribution < -0.4 is 0 Å². The van der Waals surface area contributed by atoms with E-state index in [2.05, 4.69) is 14.5 Å². The van der Waals surface area contributed by atoms with Gasteiger partial charge in [-0.2, -0.15) is 0 Å². The molecular weight excluding hydrogens is 214 g/mol. The number of hydrogen-bond acceptors (Lipinski definition) is 3. The van der Waals surface area contributed by atoms with Crippen LogP contribution in [0.15, 0.2) is 18.2 Å². The van der Waals surface area contributed by atoms with Crippen LogP contribution in [0.1, 0.15) is 16.2 Å². The van der Waals surface area contributed by atoms with Crippen LogP contribution >= 0.6 is 0 Å². The highest BCUT2D eigenvalue weighted by Crippen LogP contribution is 2.17. The van der Waals surface area contributed by atoms with Crippen LogP contribution in [0.25, 0.3) is 11.0 Å². The second-order valence-electron chi connectivity index (χ2n) is 4.48. The quantitative estimate of drug-likeness (QED) is 0.752. The van der Waals surface area contributed by atoms with Crippen LogP contribution in [0.2, 0.25) is 0 Å². The Balaban J connectivity index is 2.44. The van der Waals surface area contributed by atoms with Gasteiger partial charge in [0.05, 0.1) is 11.0 Å². The predicted molar refractivity (Wildman–Crippen MR) is 68.4 cm³/mol. The molecule has 0 aliphatic carbocycles. The molecule has 0 spiro atoms. The maximum Gasteiger partial charge on any atom is 0.150 e. The Labute approximate surface area is 101 Å². The van der Waals surface area contributed by atoms with Gasteiger partial charge in [-0.25, -0.2) is 4.98 Å². The highest BCUT2D eigenvalue weighted by atomic mass is 16.1. The van der Waals surface area contributed by atoms with Crippen molar-refractivity contribution in [3.63, 3.8) is 0 Å². The smallest absolute Gasteiger partial charge is 0.150 e.